The highest BCUT2D eigenvalue weighted by molar-refractivity contribution is 7.97. The van der Waals surface area contributed by atoms with Crippen LogP contribution >= 0.6 is 0 Å². The molecule has 0 atom stereocenters. The number of Topliss-reactive ketones (excluding diaryl/α,β-unsaturated/α-hetero) is 1. The predicted octanol–water partition coefficient (Wildman–Crippen LogP) is 8.99. The highest BCUT2D eigenvalue weighted by Crippen LogP contribution is 2.37. The van der Waals surface area contributed by atoms with E-state index in [-0.39, 0.29) is 16.7 Å². The van der Waals surface area contributed by atoms with Crippen molar-refractivity contribution < 1.29 is 19.0 Å². The Morgan fingerprint density at radius 1 is 0.582 bits per heavy atom. The molecule has 0 bridgehead atoms. The molecule has 6 aromatic rings. The Labute approximate surface area is 329 Å². The maximum atomic E-state index is 12.7. The van der Waals surface area contributed by atoms with Crippen molar-refractivity contribution in [3.8, 4) is 23.3 Å². The fraction of sp³-hybridized carbons (Fsp3) is 0.208. The van der Waals surface area contributed by atoms with Crippen molar-refractivity contribution in [1.82, 2.24) is 0 Å². The lowest BCUT2D eigenvalue weighted by molar-refractivity contribution is 0.102. The average Bonchev–Trinajstić information content (AvgIpc) is 3.27. The Kier molecular flexibility index (Phi) is 13.5. The number of ketones is 1. The minimum absolute atomic E-state index is 0.0931. The Morgan fingerprint density at radius 2 is 0.982 bits per heavy atom. The fourth-order valence-electron chi connectivity index (χ4n) is 8.17. The summed E-state index contributed by atoms with van der Waals surface area (Å²) in [5.41, 5.74) is 5.31. The fourth-order valence-corrected chi connectivity index (χ4v) is 10.2. The molecule has 0 spiro atoms. The van der Waals surface area contributed by atoms with E-state index in [1.807, 2.05) is 36.4 Å². The summed E-state index contributed by atoms with van der Waals surface area (Å²) < 4.78 is 16.4. The van der Waals surface area contributed by atoms with E-state index >= 15 is 0 Å². The third-order valence-corrected chi connectivity index (χ3v) is 13.2. The molecule has 1 saturated carbocycles. The van der Waals surface area contributed by atoms with Crippen molar-refractivity contribution in [3.63, 3.8) is 0 Å². The maximum absolute atomic E-state index is 12.7. The molecule has 7 heteroatoms. The largest absolute Gasteiger partial charge is 0.497 e. The van der Waals surface area contributed by atoms with Crippen molar-refractivity contribution in [1.29, 1.82) is 5.26 Å². The third kappa shape index (κ3) is 9.16. The van der Waals surface area contributed by atoms with Crippen LogP contribution in [0.15, 0.2) is 168 Å². The second-order valence-electron chi connectivity index (χ2n) is 13.9. The summed E-state index contributed by atoms with van der Waals surface area (Å²) >= 11 is 0. The number of carbonyl (C=O) groups is 1. The van der Waals surface area contributed by atoms with Gasteiger partial charge in [0.25, 0.3) is 0 Å². The Morgan fingerprint density at radius 3 is 1.35 bits per heavy atom. The molecular formula is C48H48BNO4S. The summed E-state index contributed by atoms with van der Waals surface area (Å²) in [6, 6.07) is 55.4. The minimum Gasteiger partial charge on any atom is -0.497 e. The highest BCUT2D eigenvalue weighted by atomic mass is 32.2. The molecule has 0 aliphatic heterocycles. The van der Waals surface area contributed by atoms with Crippen molar-refractivity contribution in [2.75, 3.05) is 27.1 Å². The van der Waals surface area contributed by atoms with Gasteiger partial charge in [-0.3, -0.25) is 4.79 Å². The maximum Gasteiger partial charge on any atom is 0.212 e. The molecule has 0 amide bonds. The first-order chi connectivity index (χ1) is 27.0. The second-order valence-corrected chi connectivity index (χ2v) is 15.9. The van der Waals surface area contributed by atoms with Gasteiger partial charge in [-0.2, -0.15) is 27.5 Å². The van der Waals surface area contributed by atoms with Gasteiger partial charge >= 0.3 is 0 Å². The zero-order valence-corrected chi connectivity index (χ0v) is 32.7. The van der Waals surface area contributed by atoms with Crippen LogP contribution in [-0.4, -0.2) is 39.0 Å². The summed E-state index contributed by atoms with van der Waals surface area (Å²) in [4.78, 5) is 15.0. The van der Waals surface area contributed by atoms with Crippen LogP contribution in [0.1, 0.15) is 48.0 Å². The smallest absolute Gasteiger partial charge is 0.212 e. The molecule has 0 radical (unpaired) electrons. The molecule has 7 rings (SSSR count). The quantitative estimate of drug-likeness (QED) is 0.0711. The van der Waals surface area contributed by atoms with Crippen LogP contribution in [0.2, 0.25) is 5.82 Å². The van der Waals surface area contributed by atoms with Crippen molar-refractivity contribution >= 4 is 39.2 Å². The second kappa shape index (κ2) is 19.1. The van der Waals surface area contributed by atoms with Crippen LogP contribution in [0.4, 0.5) is 0 Å². The normalized spacial score (nSPS) is 12.9. The molecule has 0 N–H and O–H groups in total. The number of nitriles is 1. The molecule has 0 aromatic heterocycles. The summed E-state index contributed by atoms with van der Waals surface area (Å²) in [5.74, 6) is 3.77. The standard InChI is InChI=1S/C27H32BO3.C21H16NOS/c1-29-25-15-9-22(10-16-25)28(21-7-5-4-6-8-21,23-11-17-26(30-2)18-12-23)24-13-19-27(31-3)20-14-24;22-15-17-11-13-18(14-12-17)21(23)16-24(19-7-3-1-4-8-19)20-9-5-2-6-10-20/h9-21H,4-8H2,1-3H3;1-14H,16H2/q-1;+1. The van der Waals surface area contributed by atoms with Crippen LogP contribution in [-0.2, 0) is 10.9 Å². The highest BCUT2D eigenvalue weighted by Gasteiger charge is 2.38. The first-order valence-electron chi connectivity index (χ1n) is 18.9. The summed E-state index contributed by atoms with van der Waals surface area (Å²) in [6.45, 7) is 0. The summed E-state index contributed by atoms with van der Waals surface area (Å²) in [6.07, 6.45) is 5.22. The zero-order valence-electron chi connectivity index (χ0n) is 31.9. The Hall–Kier alpha value is -5.71. The number of methoxy groups -OCH3 is 3. The monoisotopic (exact) mass is 745 g/mol. The van der Waals surface area contributed by atoms with Crippen molar-refractivity contribution in [3.05, 3.63) is 169 Å². The van der Waals surface area contributed by atoms with Gasteiger partial charge in [0, 0.05) is 5.56 Å². The van der Waals surface area contributed by atoms with Crippen LogP contribution in [0, 0.1) is 11.3 Å². The summed E-state index contributed by atoms with van der Waals surface area (Å²) in [7, 11) is 4.87. The van der Waals surface area contributed by atoms with Crippen LogP contribution in [0.3, 0.4) is 0 Å². The van der Waals surface area contributed by atoms with Crippen molar-refractivity contribution in [2.45, 2.75) is 47.7 Å². The van der Waals surface area contributed by atoms with E-state index in [4.69, 9.17) is 19.5 Å². The molecule has 278 valence electrons. The average molecular weight is 746 g/mol. The predicted molar refractivity (Wildman–Crippen MR) is 228 cm³/mol. The van der Waals surface area contributed by atoms with Gasteiger partial charge in [-0.1, -0.05) is 105 Å². The third-order valence-electron chi connectivity index (χ3n) is 10.9. The molecule has 0 unspecified atom stereocenters. The number of nitrogens with zero attached hydrogens (tertiary/aromatic N) is 1. The molecule has 55 heavy (non-hydrogen) atoms. The van der Waals surface area contributed by atoms with Gasteiger partial charge < -0.3 is 14.2 Å². The number of hydrogen-bond acceptors (Lipinski definition) is 5. The molecule has 1 fully saturated rings. The van der Waals surface area contributed by atoms with E-state index in [1.54, 1.807) is 45.6 Å². The molecule has 1 aliphatic rings. The van der Waals surface area contributed by atoms with E-state index in [9.17, 15) is 4.79 Å². The van der Waals surface area contributed by atoms with E-state index in [2.05, 4.69) is 103 Å². The number of hydrogen-bond donors (Lipinski definition) is 0. The van der Waals surface area contributed by atoms with E-state index in [0.29, 0.717) is 22.7 Å². The van der Waals surface area contributed by atoms with Crippen LogP contribution in [0.5, 0.6) is 17.2 Å². The van der Waals surface area contributed by atoms with Crippen molar-refractivity contribution in [2.24, 2.45) is 0 Å². The van der Waals surface area contributed by atoms with Gasteiger partial charge in [-0.25, -0.2) is 0 Å². The number of rotatable bonds is 12. The van der Waals surface area contributed by atoms with Crippen LogP contribution < -0.4 is 30.6 Å². The van der Waals surface area contributed by atoms with Gasteiger partial charge in [-0.15, -0.1) is 0 Å². The lowest BCUT2D eigenvalue weighted by Gasteiger charge is -2.51. The number of carbonyl (C=O) groups excluding carboxylic acids is 1. The van der Waals surface area contributed by atoms with Gasteiger partial charge in [0.05, 0.1) is 50.0 Å². The topological polar surface area (TPSA) is 68.6 Å². The van der Waals surface area contributed by atoms with E-state index < -0.39 is 6.15 Å². The zero-order chi connectivity index (χ0) is 38.5. The van der Waals surface area contributed by atoms with Gasteiger partial charge in [0.15, 0.2) is 15.5 Å². The van der Waals surface area contributed by atoms with Crippen LogP contribution in [0.25, 0.3) is 0 Å². The van der Waals surface area contributed by atoms with Gasteiger partial charge in [0.1, 0.15) is 17.2 Å². The molecule has 0 heterocycles. The van der Waals surface area contributed by atoms with Gasteiger partial charge in [-0.05, 0) is 84.9 Å². The molecule has 0 saturated heterocycles. The summed E-state index contributed by atoms with van der Waals surface area (Å²) in [5, 5.41) is 8.88. The van der Waals surface area contributed by atoms with E-state index in [1.165, 1.54) is 48.5 Å². The molecule has 1 aliphatic carbocycles. The molecular weight excluding hydrogens is 697 g/mol. The Bertz CT molecular complexity index is 1970. The lowest BCUT2D eigenvalue weighted by Crippen LogP contribution is -2.70. The molecule has 5 nitrogen and oxygen atoms in total. The SMILES string of the molecule is COc1ccc([B-](c2ccc(OC)cc2)(c2ccc(OC)cc2)C2CCCCC2)cc1.N#Cc1ccc(C(=O)C[S+](c2ccccc2)c2ccccc2)cc1. The van der Waals surface area contributed by atoms with Gasteiger partial charge in [0.2, 0.25) is 5.78 Å². The number of benzene rings is 6. The Balaban J connectivity index is 0.000000193. The first-order valence-corrected chi connectivity index (χ1v) is 20.3. The molecule has 6 aromatic carbocycles. The lowest BCUT2D eigenvalue weighted by atomic mass is 9.10. The minimum atomic E-state index is -1.17. The number of ether oxygens (including phenoxy) is 3. The first kappa shape index (κ1) is 39.0. The van der Waals surface area contributed by atoms with E-state index in [0.717, 1.165) is 27.0 Å².